The Balaban J connectivity index is 1.68. The molecule has 0 unspecified atom stereocenters. The van der Waals surface area contributed by atoms with Crippen LogP contribution in [0.3, 0.4) is 0 Å². The molecule has 0 spiro atoms. The number of hydrogen-bond acceptors (Lipinski definition) is 6. The maximum atomic E-state index is 12.7. The lowest BCUT2D eigenvalue weighted by molar-refractivity contribution is 0.0951. The highest BCUT2D eigenvalue weighted by molar-refractivity contribution is 7.20. The zero-order valence-corrected chi connectivity index (χ0v) is 15.8. The van der Waals surface area contributed by atoms with Crippen molar-refractivity contribution in [2.75, 3.05) is 11.9 Å². The van der Waals surface area contributed by atoms with Crippen molar-refractivity contribution in [1.82, 2.24) is 15.3 Å². The summed E-state index contributed by atoms with van der Waals surface area (Å²) in [5, 5.41) is 3.80. The van der Waals surface area contributed by atoms with E-state index in [4.69, 9.17) is 4.42 Å². The molecule has 27 heavy (non-hydrogen) atoms. The number of amides is 1. The van der Waals surface area contributed by atoms with Crippen molar-refractivity contribution in [2.45, 2.75) is 13.5 Å². The van der Waals surface area contributed by atoms with Crippen LogP contribution in [0.25, 0.3) is 10.2 Å². The van der Waals surface area contributed by atoms with Gasteiger partial charge in [0.25, 0.3) is 5.91 Å². The summed E-state index contributed by atoms with van der Waals surface area (Å²) in [6.45, 7) is 2.29. The first-order chi connectivity index (χ1) is 13.1. The monoisotopic (exact) mass is 378 g/mol. The van der Waals surface area contributed by atoms with E-state index in [9.17, 15) is 4.79 Å². The fourth-order valence-corrected chi connectivity index (χ4v) is 4.02. The molecule has 0 aliphatic carbocycles. The van der Waals surface area contributed by atoms with Crippen LogP contribution in [0.5, 0.6) is 0 Å². The lowest BCUT2D eigenvalue weighted by Gasteiger charge is -2.19. The zero-order chi connectivity index (χ0) is 18.8. The molecule has 0 radical (unpaired) electrons. The predicted octanol–water partition coefficient (Wildman–Crippen LogP) is 4.29. The minimum Gasteiger partial charge on any atom is -0.467 e. The molecule has 0 atom stereocenters. The van der Waals surface area contributed by atoms with Gasteiger partial charge < -0.3 is 14.6 Å². The third-order valence-corrected chi connectivity index (χ3v) is 5.58. The summed E-state index contributed by atoms with van der Waals surface area (Å²) in [6.07, 6.45) is 3.13. The number of carbonyl (C=O) groups is 1. The Bertz CT molecular complexity index is 1070. The van der Waals surface area contributed by atoms with Crippen LogP contribution in [-0.2, 0) is 6.54 Å². The number of nitrogens with zero attached hydrogens (tertiary/aromatic N) is 3. The van der Waals surface area contributed by atoms with Crippen LogP contribution in [0.4, 0.5) is 11.5 Å². The van der Waals surface area contributed by atoms with Crippen LogP contribution in [0.1, 0.15) is 21.0 Å². The van der Waals surface area contributed by atoms with Crippen molar-refractivity contribution in [3.8, 4) is 0 Å². The van der Waals surface area contributed by atoms with Gasteiger partial charge in [0.05, 0.1) is 23.1 Å². The van der Waals surface area contributed by atoms with E-state index in [1.165, 1.54) is 17.7 Å². The van der Waals surface area contributed by atoms with Crippen LogP contribution < -0.4 is 10.2 Å². The van der Waals surface area contributed by atoms with Gasteiger partial charge in [0.15, 0.2) is 0 Å². The van der Waals surface area contributed by atoms with Crippen LogP contribution in [-0.4, -0.2) is 22.9 Å². The second kappa shape index (κ2) is 7.20. The lowest BCUT2D eigenvalue weighted by atomic mass is 10.2. The number of nitrogens with one attached hydrogen (secondary N) is 1. The van der Waals surface area contributed by atoms with Gasteiger partial charge in [-0.1, -0.05) is 18.2 Å². The third kappa shape index (κ3) is 3.29. The van der Waals surface area contributed by atoms with Crippen LogP contribution in [0.2, 0.25) is 0 Å². The minimum absolute atomic E-state index is 0.139. The fraction of sp³-hybridized carbons (Fsp3) is 0.150. The molecular formula is C20H18N4O2S. The first-order valence-corrected chi connectivity index (χ1v) is 9.30. The van der Waals surface area contributed by atoms with Gasteiger partial charge in [0, 0.05) is 12.7 Å². The molecule has 6 nitrogen and oxygen atoms in total. The van der Waals surface area contributed by atoms with Crippen molar-refractivity contribution in [1.29, 1.82) is 0 Å². The van der Waals surface area contributed by atoms with E-state index in [1.54, 1.807) is 12.3 Å². The van der Waals surface area contributed by atoms with Crippen molar-refractivity contribution in [3.63, 3.8) is 0 Å². The van der Waals surface area contributed by atoms with Gasteiger partial charge >= 0.3 is 0 Å². The minimum atomic E-state index is -0.139. The summed E-state index contributed by atoms with van der Waals surface area (Å²) < 4.78 is 5.27. The summed E-state index contributed by atoms with van der Waals surface area (Å²) in [6, 6.07) is 13.6. The van der Waals surface area contributed by atoms with E-state index in [2.05, 4.69) is 15.3 Å². The van der Waals surface area contributed by atoms with Crippen LogP contribution in [0, 0.1) is 6.92 Å². The number of anilines is 2. The van der Waals surface area contributed by atoms with E-state index in [0.717, 1.165) is 27.3 Å². The van der Waals surface area contributed by atoms with Gasteiger partial charge in [-0.25, -0.2) is 9.97 Å². The third-order valence-electron chi connectivity index (χ3n) is 4.38. The van der Waals surface area contributed by atoms with Gasteiger partial charge in [0.2, 0.25) is 0 Å². The smallest absolute Gasteiger partial charge is 0.262 e. The molecule has 1 N–H and O–H groups in total. The SMILES string of the molecule is Cc1c(C(=O)NCc2ccco2)sc2ncnc(N(C)c3ccccc3)c12. The van der Waals surface area contributed by atoms with Gasteiger partial charge in [-0.3, -0.25) is 4.79 Å². The molecule has 3 aromatic heterocycles. The highest BCUT2D eigenvalue weighted by Crippen LogP contribution is 2.36. The van der Waals surface area contributed by atoms with E-state index in [0.29, 0.717) is 17.2 Å². The van der Waals surface area contributed by atoms with Crippen LogP contribution in [0.15, 0.2) is 59.5 Å². The summed E-state index contributed by atoms with van der Waals surface area (Å²) >= 11 is 1.38. The normalized spacial score (nSPS) is 10.9. The maximum Gasteiger partial charge on any atom is 0.262 e. The Labute approximate surface area is 160 Å². The van der Waals surface area contributed by atoms with E-state index in [1.807, 2.05) is 55.3 Å². The summed E-state index contributed by atoms with van der Waals surface area (Å²) in [7, 11) is 1.96. The average molecular weight is 378 g/mol. The Morgan fingerprint density at radius 2 is 2.00 bits per heavy atom. The van der Waals surface area contributed by atoms with Crippen molar-refractivity contribution in [2.24, 2.45) is 0 Å². The number of carbonyl (C=O) groups excluding carboxylic acids is 1. The first kappa shape index (κ1) is 17.2. The molecule has 0 aliphatic rings. The Kier molecular flexibility index (Phi) is 4.60. The molecule has 0 aliphatic heterocycles. The fourth-order valence-electron chi connectivity index (χ4n) is 2.96. The highest BCUT2D eigenvalue weighted by Gasteiger charge is 2.21. The number of furan rings is 1. The predicted molar refractivity (Wildman–Crippen MR) is 107 cm³/mol. The second-order valence-electron chi connectivity index (χ2n) is 6.09. The Hall–Kier alpha value is -3.19. The molecule has 0 bridgehead atoms. The Morgan fingerprint density at radius 3 is 2.74 bits per heavy atom. The topological polar surface area (TPSA) is 71.3 Å². The van der Waals surface area contributed by atoms with Gasteiger partial charge in [-0.15, -0.1) is 11.3 Å². The van der Waals surface area contributed by atoms with Gasteiger partial charge in [0.1, 0.15) is 22.7 Å². The summed E-state index contributed by atoms with van der Waals surface area (Å²) in [4.78, 5) is 25.0. The number of aromatic nitrogens is 2. The molecule has 3 heterocycles. The number of benzene rings is 1. The Morgan fingerprint density at radius 1 is 1.19 bits per heavy atom. The van der Waals surface area contributed by atoms with Gasteiger partial charge in [-0.05, 0) is 36.8 Å². The zero-order valence-electron chi connectivity index (χ0n) is 15.0. The largest absolute Gasteiger partial charge is 0.467 e. The average Bonchev–Trinajstić information content (AvgIpc) is 3.34. The van der Waals surface area contributed by atoms with Crippen molar-refractivity contribution in [3.05, 3.63) is 71.3 Å². The van der Waals surface area contributed by atoms with E-state index in [-0.39, 0.29) is 5.91 Å². The number of hydrogen-bond donors (Lipinski definition) is 1. The number of thiophene rings is 1. The molecule has 0 saturated heterocycles. The first-order valence-electron chi connectivity index (χ1n) is 8.48. The summed E-state index contributed by atoms with van der Waals surface area (Å²) in [5.41, 5.74) is 1.90. The second-order valence-corrected chi connectivity index (χ2v) is 7.09. The number of fused-ring (bicyclic) bond motifs is 1. The highest BCUT2D eigenvalue weighted by atomic mass is 32.1. The molecule has 0 fully saturated rings. The van der Waals surface area contributed by atoms with Crippen molar-refractivity contribution < 1.29 is 9.21 Å². The number of rotatable bonds is 5. The standard InChI is InChI=1S/C20H18N4O2S/c1-13-16-18(24(2)14-7-4-3-5-8-14)22-12-23-20(16)27-17(13)19(25)21-11-15-9-6-10-26-15/h3-10,12H,11H2,1-2H3,(H,21,25). The molecule has 0 saturated carbocycles. The molecule has 4 aromatic rings. The lowest BCUT2D eigenvalue weighted by Crippen LogP contribution is -2.22. The molecule has 1 amide bonds. The molecular weight excluding hydrogens is 360 g/mol. The molecule has 1 aromatic carbocycles. The van der Waals surface area contributed by atoms with Crippen molar-refractivity contribution >= 4 is 39.0 Å². The molecule has 7 heteroatoms. The quantitative estimate of drug-likeness (QED) is 0.561. The van der Waals surface area contributed by atoms with E-state index >= 15 is 0 Å². The number of para-hydroxylation sites is 1. The van der Waals surface area contributed by atoms with Crippen LogP contribution >= 0.6 is 11.3 Å². The molecule has 136 valence electrons. The summed E-state index contributed by atoms with van der Waals surface area (Å²) in [5.74, 6) is 1.36. The molecule has 4 rings (SSSR count). The maximum absolute atomic E-state index is 12.7. The van der Waals surface area contributed by atoms with Gasteiger partial charge in [-0.2, -0.15) is 0 Å². The number of aryl methyl sites for hydroxylation is 1. The van der Waals surface area contributed by atoms with E-state index < -0.39 is 0 Å².